The maximum absolute atomic E-state index is 12.3. The number of nitrogens with one attached hydrogen (secondary N) is 1. The van der Waals surface area contributed by atoms with Crippen LogP contribution in [0.5, 0.6) is 0 Å². The van der Waals surface area contributed by atoms with Crippen LogP contribution in [0.1, 0.15) is 23.0 Å². The van der Waals surface area contributed by atoms with Gasteiger partial charge in [-0.2, -0.15) is 0 Å². The molecule has 0 spiro atoms. The lowest BCUT2D eigenvalue weighted by Gasteiger charge is -2.25. The first-order valence-corrected chi connectivity index (χ1v) is 8.52. The summed E-state index contributed by atoms with van der Waals surface area (Å²) in [7, 11) is 0. The number of rotatable bonds is 4. The molecule has 1 aliphatic heterocycles. The van der Waals surface area contributed by atoms with Crippen molar-refractivity contribution in [3.63, 3.8) is 0 Å². The Morgan fingerprint density at radius 1 is 1.57 bits per heavy atom. The Hall–Kier alpha value is -1.47. The van der Waals surface area contributed by atoms with E-state index in [1.165, 1.54) is 17.5 Å². The number of aromatic nitrogens is 1. The fourth-order valence-corrected chi connectivity index (χ4v) is 3.61. The second-order valence-electron chi connectivity index (χ2n) is 5.56. The van der Waals surface area contributed by atoms with Crippen molar-refractivity contribution in [1.29, 1.82) is 0 Å². The highest BCUT2D eigenvalue weighted by Crippen LogP contribution is 2.31. The molecule has 7 heteroatoms. The highest BCUT2D eigenvalue weighted by atomic mass is 35.5. The number of carbonyl (C=O) groups is 1. The molecule has 0 radical (unpaired) electrons. The van der Waals surface area contributed by atoms with Crippen molar-refractivity contribution < 1.29 is 14.6 Å². The predicted molar refractivity (Wildman–Crippen MR) is 89.9 cm³/mol. The minimum Gasteiger partial charge on any atom is -0.385 e. The topological polar surface area (TPSA) is 71.5 Å². The zero-order valence-corrected chi connectivity index (χ0v) is 14.2. The van der Waals surface area contributed by atoms with Gasteiger partial charge >= 0.3 is 0 Å². The minimum atomic E-state index is -1.01. The van der Waals surface area contributed by atoms with Gasteiger partial charge in [-0.05, 0) is 13.0 Å². The van der Waals surface area contributed by atoms with Crippen LogP contribution in [-0.4, -0.2) is 40.9 Å². The van der Waals surface area contributed by atoms with Gasteiger partial charge in [0.1, 0.15) is 15.5 Å². The van der Waals surface area contributed by atoms with Gasteiger partial charge in [0, 0.05) is 25.1 Å². The average Bonchev–Trinajstić information content (AvgIpc) is 3.14. The number of ether oxygens (including phenoxy) is 1. The third kappa shape index (κ3) is 3.40. The highest BCUT2D eigenvalue weighted by molar-refractivity contribution is 7.17. The molecule has 0 unspecified atom stereocenters. The molecule has 3 rings (SSSR count). The lowest BCUT2D eigenvalue weighted by molar-refractivity contribution is -0.0251. The quantitative estimate of drug-likeness (QED) is 0.887. The average molecular weight is 353 g/mol. The van der Waals surface area contributed by atoms with Crippen LogP contribution >= 0.6 is 22.9 Å². The summed E-state index contributed by atoms with van der Waals surface area (Å²) in [4.78, 5) is 17.0. The molecular formula is C16H17ClN2O3S. The molecule has 0 saturated carbocycles. The number of benzene rings is 1. The summed E-state index contributed by atoms with van der Waals surface area (Å²) in [6.45, 7) is 2.47. The van der Waals surface area contributed by atoms with E-state index in [0.717, 1.165) is 5.56 Å². The van der Waals surface area contributed by atoms with Gasteiger partial charge in [0.25, 0.3) is 5.91 Å². The second-order valence-corrected chi connectivity index (χ2v) is 7.00. The van der Waals surface area contributed by atoms with E-state index in [4.69, 9.17) is 16.3 Å². The molecule has 0 bridgehead atoms. The van der Waals surface area contributed by atoms with E-state index >= 15 is 0 Å². The van der Waals surface area contributed by atoms with Crippen molar-refractivity contribution in [3.8, 4) is 10.6 Å². The van der Waals surface area contributed by atoms with E-state index in [0.29, 0.717) is 27.9 Å². The van der Waals surface area contributed by atoms with Gasteiger partial charge in [-0.15, -0.1) is 11.3 Å². The molecule has 2 atom stereocenters. The third-order valence-electron chi connectivity index (χ3n) is 4.05. The van der Waals surface area contributed by atoms with Crippen LogP contribution in [0, 0.1) is 0 Å². The maximum atomic E-state index is 12.3. The molecule has 1 aromatic carbocycles. The molecule has 1 fully saturated rings. The Bertz CT molecular complexity index is 721. The molecule has 1 aliphatic rings. The van der Waals surface area contributed by atoms with Crippen molar-refractivity contribution in [2.45, 2.75) is 25.0 Å². The first-order valence-electron chi connectivity index (χ1n) is 7.32. The molecule has 1 aromatic heterocycles. The number of carbonyl (C=O) groups excluding carboxylic acids is 1. The Balaban J connectivity index is 1.68. The highest BCUT2D eigenvalue weighted by Gasteiger charge is 2.39. The zero-order valence-electron chi connectivity index (χ0n) is 12.6. The SMILES string of the molecule is C[C@@H]1OCC[C@@]1(O)CNC(=O)c1cnc(-c2ccccc2Cl)s1. The Morgan fingerprint density at radius 2 is 2.35 bits per heavy atom. The molecule has 23 heavy (non-hydrogen) atoms. The molecule has 1 amide bonds. The summed E-state index contributed by atoms with van der Waals surface area (Å²) in [5.74, 6) is -0.256. The Kier molecular flexibility index (Phi) is 4.68. The van der Waals surface area contributed by atoms with Crippen LogP contribution in [0.2, 0.25) is 5.02 Å². The fourth-order valence-electron chi connectivity index (χ4n) is 2.46. The summed E-state index contributed by atoms with van der Waals surface area (Å²) >= 11 is 7.42. The van der Waals surface area contributed by atoms with Crippen LogP contribution in [0.25, 0.3) is 10.6 Å². The molecule has 122 valence electrons. The first-order chi connectivity index (χ1) is 11.0. The van der Waals surface area contributed by atoms with Crippen LogP contribution < -0.4 is 5.32 Å². The van der Waals surface area contributed by atoms with Gasteiger partial charge in [0.2, 0.25) is 0 Å². The second kappa shape index (κ2) is 6.57. The number of nitrogens with zero attached hydrogens (tertiary/aromatic N) is 1. The van der Waals surface area contributed by atoms with E-state index in [2.05, 4.69) is 10.3 Å². The molecule has 2 N–H and O–H groups in total. The van der Waals surface area contributed by atoms with Gasteiger partial charge in [-0.1, -0.05) is 29.8 Å². The number of amides is 1. The maximum Gasteiger partial charge on any atom is 0.263 e. The fraction of sp³-hybridized carbons (Fsp3) is 0.375. The van der Waals surface area contributed by atoms with E-state index in [-0.39, 0.29) is 18.6 Å². The molecule has 0 aliphatic carbocycles. The smallest absolute Gasteiger partial charge is 0.263 e. The van der Waals surface area contributed by atoms with Crippen molar-refractivity contribution in [2.75, 3.05) is 13.2 Å². The Labute approximate surface area is 143 Å². The molecule has 2 aromatic rings. The molecule has 2 heterocycles. The summed E-state index contributed by atoms with van der Waals surface area (Å²) in [6.07, 6.45) is 1.75. The van der Waals surface area contributed by atoms with Crippen molar-refractivity contribution in [1.82, 2.24) is 10.3 Å². The number of thiazole rings is 1. The van der Waals surface area contributed by atoms with Crippen LogP contribution in [0.4, 0.5) is 0 Å². The third-order valence-corrected chi connectivity index (χ3v) is 5.41. The largest absolute Gasteiger partial charge is 0.385 e. The molecular weight excluding hydrogens is 336 g/mol. The van der Waals surface area contributed by atoms with E-state index in [9.17, 15) is 9.90 Å². The number of hydrogen-bond acceptors (Lipinski definition) is 5. The monoisotopic (exact) mass is 352 g/mol. The van der Waals surface area contributed by atoms with Crippen molar-refractivity contribution in [3.05, 3.63) is 40.4 Å². The number of halogens is 1. The van der Waals surface area contributed by atoms with Crippen LogP contribution in [-0.2, 0) is 4.74 Å². The van der Waals surface area contributed by atoms with E-state index in [1.54, 1.807) is 13.0 Å². The Morgan fingerprint density at radius 3 is 3.04 bits per heavy atom. The minimum absolute atomic E-state index is 0.159. The van der Waals surface area contributed by atoms with Crippen LogP contribution in [0.15, 0.2) is 30.5 Å². The van der Waals surface area contributed by atoms with Crippen LogP contribution in [0.3, 0.4) is 0 Å². The summed E-state index contributed by atoms with van der Waals surface area (Å²) in [6, 6.07) is 7.37. The van der Waals surface area contributed by atoms with Gasteiger partial charge in [-0.3, -0.25) is 4.79 Å². The van der Waals surface area contributed by atoms with Gasteiger partial charge in [0.05, 0.1) is 17.3 Å². The predicted octanol–water partition coefficient (Wildman–Crippen LogP) is 2.73. The van der Waals surface area contributed by atoms with Crippen molar-refractivity contribution >= 4 is 28.8 Å². The van der Waals surface area contributed by atoms with Gasteiger partial charge in [0.15, 0.2) is 0 Å². The standard InChI is InChI=1S/C16H17ClN2O3S/c1-10-16(21,6-7-22-10)9-19-14(20)13-8-18-15(23-13)11-4-2-3-5-12(11)17/h2-5,8,10,21H,6-7,9H2,1H3,(H,19,20)/t10-,16+/m0/s1. The molecule has 5 nitrogen and oxygen atoms in total. The van der Waals surface area contributed by atoms with E-state index in [1.807, 2.05) is 18.2 Å². The zero-order chi connectivity index (χ0) is 16.4. The molecule has 1 saturated heterocycles. The number of aliphatic hydroxyl groups is 1. The van der Waals surface area contributed by atoms with Gasteiger partial charge in [-0.25, -0.2) is 4.98 Å². The van der Waals surface area contributed by atoms with Crippen molar-refractivity contribution in [2.24, 2.45) is 0 Å². The lowest BCUT2D eigenvalue weighted by Crippen LogP contribution is -2.47. The van der Waals surface area contributed by atoms with Gasteiger partial charge < -0.3 is 15.2 Å². The summed E-state index contributed by atoms with van der Waals surface area (Å²) < 4.78 is 5.36. The first kappa shape index (κ1) is 16.4. The summed E-state index contributed by atoms with van der Waals surface area (Å²) in [5, 5.41) is 14.5. The number of hydrogen-bond donors (Lipinski definition) is 2. The normalized spacial score (nSPS) is 23.9. The summed E-state index contributed by atoms with van der Waals surface area (Å²) in [5.41, 5.74) is -0.207. The van der Waals surface area contributed by atoms with E-state index < -0.39 is 5.60 Å². The lowest BCUT2D eigenvalue weighted by atomic mass is 9.97.